The molecule has 0 N–H and O–H groups in total. The molecule has 5 nitrogen and oxygen atoms in total. The molecule has 0 saturated carbocycles. The van der Waals surface area contributed by atoms with Crippen LogP contribution in [0.2, 0.25) is 5.02 Å². The maximum absolute atomic E-state index is 12.2. The predicted octanol–water partition coefficient (Wildman–Crippen LogP) is 3.17. The monoisotopic (exact) mass is 366 g/mol. The number of halogens is 1. The highest BCUT2D eigenvalue weighted by molar-refractivity contribution is 7.91. The highest BCUT2D eigenvalue weighted by Crippen LogP contribution is 2.18. The second-order valence-electron chi connectivity index (χ2n) is 4.91. The standard InChI is InChI=1S/C17H15ClO5S/c1-2-24(21,22)16-6-4-3-5-14(16)17(20)23-11-15(19)12-7-9-13(18)10-8-12/h3-10H,2,11H2,1H3. The van der Waals surface area contributed by atoms with Crippen molar-refractivity contribution in [1.29, 1.82) is 0 Å². The third kappa shape index (κ3) is 4.21. The van der Waals surface area contributed by atoms with Crippen LogP contribution in [0.15, 0.2) is 53.4 Å². The van der Waals surface area contributed by atoms with Crippen LogP contribution < -0.4 is 0 Å². The molecule has 0 aliphatic heterocycles. The summed E-state index contributed by atoms with van der Waals surface area (Å²) in [7, 11) is -3.57. The zero-order valence-corrected chi connectivity index (χ0v) is 14.4. The largest absolute Gasteiger partial charge is 0.454 e. The van der Waals surface area contributed by atoms with Gasteiger partial charge in [-0.1, -0.05) is 30.7 Å². The maximum atomic E-state index is 12.2. The molecule has 0 radical (unpaired) electrons. The topological polar surface area (TPSA) is 77.5 Å². The summed E-state index contributed by atoms with van der Waals surface area (Å²) in [5.41, 5.74) is 0.268. The highest BCUT2D eigenvalue weighted by Gasteiger charge is 2.22. The van der Waals surface area contributed by atoms with Crippen molar-refractivity contribution < 1.29 is 22.7 Å². The summed E-state index contributed by atoms with van der Waals surface area (Å²) in [6.45, 7) is 1.00. The third-order valence-electron chi connectivity index (χ3n) is 3.32. The van der Waals surface area contributed by atoms with Crippen LogP contribution in [0.25, 0.3) is 0 Å². The quantitative estimate of drug-likeness (QED) is 0.579. The Morgan fingerprint density at radius 1 is 1.04 bits per heavy atom. The normalized spacial score (nSPS) is 11.1. The summed E-state index contributed by atoms with van der Waals surface area (Å²) >= 11 is 5.74. The number of Topliss-reactive ketones (excluding diaryl/α,β-unsaturated/α-hetero) is 1. The molecule has 24 heavy (non-hydrogen) atoms. The van der Waals surface area contributed by atoms with Crippen LogP contribution in [0.3, 0.4) is 0 Å². The second kappa shape index (κ2) is 7.59. The summed E-state index contributed by atoms with van der Waals surface area (Å²) < 4.78 is 29.0. The lowest BCUT2D eigenvalue weighted by atomic mass is 10.1. The van der Waals surface area contributed by atoms with Crippen LogP contribution in [0.1, 0.15) is 27.6 Å². The average Bonchev–Trinajstić information content (AvgIpc) is 2.60. The summed E-state index contributed by atoms with van der Waals surface area (Å²) in [5, 5.41) is 0.488. The number of esters is 1. The first kappa shape index (κ1) is 18.2. The van der Waals surface area contributed by atoms with Crippen LogP contribution in [0.4, 0.5) is 0 Å². The van der Waals surface area contributed by atoms with E-state index in [1.807, 2.05) is 0 Å². The van der Waals surface area contributed by atoms with Gasteiger partial charge in [0, 0.05) is 10.6 Å². The van der Waals surface area contributed by atoms with Gasteiger partial charge < -0.3 is 4.74 Å². The molecule has 0 aliphatic carbocycles. The maximum Gasteiger partial charge on any atom is 0.339 e. The van der Waals surface area contributed by atoms with Crippen LogP contribution in [-0.2, 0) is 14.6 Å². The number of carbonyl (C=O) groups is 2. The van der Waals surface area contributed by atoms with E-state index in [2.05, 4.69) is 0 Å². The minimum absolute atomic E-state index is 0.0803. The Labute approximate surface area is 145 Å². The molecule has 126 valence electrons. The van der Waals surface area contributed by atoms with Gasteiger partial charge in [-0.25, -0.2) is 13.2 Å². The van der Waals surface area contributed by atoms with Gasteiger partial charge in [-0.15, -0.1) is 0 Å². The lowest BCUT2D eigenvalue weighted by Gasteiger charge is -2.09. The predicted molar refractivity (Wildman–Crippen MR) is 90.2 cm³/mol. The molecule has 0 unspecified atom stereocenters. The minimum Gasteiger partial charge on any atom is -0.454 e. The van der Waals surface area contributed by atoms with Crippen molar-refractivity contribution in [3.05, 3.63) is 64.7 Å². The number of hydrogen-bond donors (Lipinski definition) is 0. The van der Waals surface area contributed by atoms with Crippen molar-refractivity contribution in [1.82, 2.24) is 0 Å². The molecule has 0 atom stereocenters. The molecular formula is C17H15ClO5S. The molecular weight excluding hydrogens is 352 g/mol. The molecule has 2 aromatic rings. The van der Waals surface area contributed by atoms with E-state index in [0.717, 1.165) is 0 Å². The Hall–Kier alpha value is -2.18. The molecule has 2 aromatic carbocycles. The van der Waals surface area contributed by atoms with Gasteiger partial charge in [0.05, 0.1) is 16.2 Å². The number of sulfone groups is 1. The first-order valence-electron chi connectivity index (χ1n) is 7.13. The van der Waals surface area contributed by atoms with E-state index in [1.54, 1.807) is 12.1 Å². The highest BCUT2D eigenvalue weighted by atomic mass is 35.5. The molecule has 0 saturated heterocycles. The third-order valence-corrected chi connectivity index (χ3v) is 5.36. The first-order valence-corrected chi connectivity index (χ1v) is 9.16. The Kier molecular flexibility index (Phi) is 5.75. The SMILES string of the molecule is CCS(=O)(=O)c1ccccc1C(=O)OCC(=O)c1ccc(Cl)cc1. The van der Waals surface area contributed by atoms with E-state index < -0.39 is 28.2 Å². The van der Waals surface area contributed by atoms with Gasteiger partial charge in [-0.2, -0.15) is 0 Å². The van der Waals surface area contributed by atoms with E-state index in [1.165, 1.54) is 43.3 Å². The fourth-order valence-corrected chi connectivity index (χ4v) is 3.20. The van der Waals surface area contributed by atoms with Gasteiger partial charge in [-0.3, -0.25) is 4.79 Å². The number of benzene rings is 2. The number of carbonyl (C=O) groups excluding carboxylic acids is 2. The first-order chi connectivity index (χ1) is 11.3. The molecule has 0 aliphatic rings. The lowest BCUT2D eigenvalue weighted by Crippen LogP contribution is -2.17. The van der Waals surface area contributed by atoms with Crippen LogP contribution in [-0.4, -0.2) is 32.5 Å². The van der Waals surface area contributed by atoms with Crippen molar-refractivity contribution in [3.8, 4) is 0 Å². The van der Waals surface area contributed by atoms with Gasteiger partial charge >= 0.3 is 5.97 Å². The molecule has 0 bridgehead atoms. The van der Waals surface area contributed by atoms with Gasteiger partial charge in [0.25, 0.3) is 0 Å². The fourth-order valence-electron chi connectivity index (χ4n) is 1.99. The fraction of sp³-hybridized carbons (Fsp3) is 0.176. The van der Waals surface area contributed by atoms with Crippen molar-refractivity contribution in [2.24, 2.45) is 0 Å². The van der Waals surface area contributed by atoms with E-state index >= 15 is 0 Å². The van der Waals surface area contributed by atoms with E-state index in [-0.39, 0.29) is 16.2 Å². The van der Waals surface area contributed by atoms with E-state index in [0.29, 0.717) is 10.6 Å². The van der Waals surface area contributed by atoms with Crippen LogP contribution in [0, 0.1) is 0 Å². The summed E-state index contributed by atoms with van der Waals surface area (Å²) in [5.74, 6) is -1.40. The van der Waals surface area contributed by atoms with Gasteiger partial charge in [-0.05, 0) is 36.4 Å². The summed E-state index contributed by atoms with van der Waals surface area (Å²) in [6.07, 6.45) is 0. The molecule has 7 heteroatoms. The molecule has 0 aromatic heterocycles. The summed E-state index contributed by atoms with van der Waals surface area (Å²) in [6, 6.07) is 11.9. The van der Waals surface area contributed by atoms with Gasteiger partial charge in [0.1, 0.15) is 0 Å². The number of ether oxygens (including phenoxy) is 1. The molecule has 0 amide bonds. The van der Waals surface area contributed by atoms with Crippen LogP contribution >= 0.6 is 11.6 Å². The zero-order valence-electron chi connectivity index (χ0n) is 12.9. The Balaban J connectivity index is 2.14. The average molecular weight is 367 g/mol. The minimum atomic E-state index is -3.57. The van der Waals surface area contributed by atoms with Crippen molar-refractivity contribution in [2.45, 2.75) is 11.8 Å². The smallest absolute Gasteiger partial charge is 0.339 e. The Morgan fingerprint density at radius 3 is 2.29 bits per heavy atom. The van der Waals surface area contributed by atoms with Crippen molar-refractivity contribution in [3.63, 3.8) is 0 Å². The Bertz CT molecular complexity index is 857. The molecule has 0 spiro atoms. The van der Waals surface area contributed by atoms with Crippen LogP contribution in [0.5, 0.6) is 0 Å². The molecule has 2 rings (SSSR count). The number of hydrogen-bond acceptors (Lipinski definition) is 5. The van der Waals surface area contributed by atoms with Crippen molar-refractivity contribution >= 4 is 33.2 Å². The van der Waals surface area contributed by atoms with E-state index in [9.17, 15) is 18.0 Å². The molecule has 0 fully saturated rings. The number of ketones is 1. The number of rotatable bonds is 6. The summed E-state index contributed by atoms with van der Waals surface area (Å²) in [4.78, 5) is 24.0. The lowest BCUT2D eigenvalue weighted by molar-refractivity contribution is 0.0471. The van der Waals surface area contributed by atoms with E-state index in [4.69, 9.17) is 16.3 Å². The Morgan fingerprint density at radius 2 is 1.67 bits per heavy atom. The van der Waals surface area contributed by atoms with Gasteiger partial charge in [0.2, 0.25) is 0 Å². The van der Waals surface area contributed by atoms with Crippen molar-refractivity contribution in [2.75, 3.05) is 12.4 Å². The second-order valence-corrected chi connectivity index (χ2v) is 7.59. The van der Waals surface area contributed by atoms with Gasteiger partial charge in [0.15, 0.2) is 22.2 Å². The zero-order chi connectivity index (χ0) is 17.7. The molecule has 0 heterocycles.